The zero-order chi connectivity index (χ0) is 15.7. The van der Waals surface area contributed by atoms with E-state index >= 15 is 0 Å². The van der Waals surface area contributed by atoms with Crippen molar-refractivity contribution in [2.24, 2.45) is 5.73 Å². The maximum Gasteiger partial charge on any atom is 0.246 e. The van der Waals surface area contributed by atoms with Crippen molar-refractivity contribution in [3.8, 4) is 0 Å². The lowest BCUT2D eigenvalue weighted by atomic mass is 10.0. The van der Waals surface area contributed by atoms with Crippen LogP contribution in [0.2, 0.25) is 0 Å². The van der Waals surface area contributed by atoms with Crippen LogP contribution < -0.4 is 11.1 Å². The van der Waals surface area contributed by atoms with E-state index < -0.39 is 11.9 Å². The topological polar surface area (TPSA) is 90.7 Å². The molecule has 0 saturated carbocycles. The van der Waals surface area contributed by atoms with E-state index in [-0.39, 0.29) is 12.5 Å². The molecule has 6 nitrogen and oxygen atoms in total. The Morgan fingerprint density at radius 2 is 1.90 bits per heavy atom. The normalized spacial score (nSPS) is 11.9. The van der Waals surface area contributed by atoms with E-state index in [4.69, 9.17) is 15.2 Å². The number of benzene rings is 1. The van der Waals surface area contributed by atoms with E-state index in [1.807, 2.05) is 31.2 Å². The summed E-state index contributed by atoms with van der Waals surface area (Å²) < 4.78 is 9.89. The Hall–Kier alpha value is -1.92. The van der Waals surface area contributed by atoms with Gasteiger partial charge in [-0.15, -0.1) is 0 Å². The van der Waals surface area contributed by atoms with E-state index in [1.165, 1.54) is 0 Å². The monoisotopic (exact) mass is 294 g/mol. The van der Waals surface area contributed by atoms with Gasteiger partial charge in [-0.3, -0.25) is 9.59 Å². The zero-order valence-electron chi connectivity index (χ0n) is 12.4. The molecule has 0 aliphatic rings. The second-order valence-corrected chi connectivity index (χ2v) is 4.76. The number of amides is 2. The third kappa shape index (κ3) is 6.87. The van der Waals surface area contributed by atoms with Crippen LogP contribution >= 0.6 is 0 Å². The number of ether oxygens (including phenoxy) is 2. The molecule has 1 atom stereocenters. The molecule has 0 unspecified atom stereocenters. The van der Waals surface area contributed by atoms with Gasteiger partial charge in [-0.25, -0.2) is 0 Å². The second-order valence-electron chi connectivity index (χ2n) is 4.76. The van der Waals surface area contributed by atoms with Gasteiger partial charge in [0, 0.05) is 13.5 Å². The molecular formula is C15H22N2O4. The van der Waals surface area contributed by atoms with Crippen molar-refractivity contribution in [2.75, 3.05) is 26.9 Å². The van der Waals surface area contributed by atoms with Crippen LogP contribution in [0.15, 0.2) is 24.3 Å². The highest BCUT2D eigenvalue weighted by Gasteiger charge is 2.18. The summed E-state index contributed by atoms with van der Waals surface area (Å²) in [6, 6.07) is 6.97. The fourth-order valence-corrected chi connectivity index (χ4v) is 1.73. The van der Waals surface area contributed by atoms with Gasteiger partial charge in [0.2, 0.25) is 11.8 Å². The van der Waals surface area contributed by atoms with Crippen molar-refractivity contribution >= 4 is 11.8 Å². The molecule has 1 rings (SSSR count). The fraction of sp³-hybridized carbons (Fsp3) is 0.467. The largest absolute Gasteiger partial charge is 0.382 e. The molecule has 3 N–H and O–H groups in total. The van der Waals surface area contributed by atoms with Crippen LogP contribution in [-0.2, 0) is 25.5 Å². The van der Waals surface area contributed by atoms with Gasteiger partial charge >= 0.3 is 0 Å². The summed E-state index contributed by atoms with van der Waals surface area (Å²) in [6.45, 7) is 2.59. The molecule has 1 aromatic rings. The summed E-state index contributed by atoms with van der Waals surface area (Å²) in [7, 11) is 1.55. The summed E-state index contributed by atoms with van der Waals surface area (Å²) in [5.74, 6) is -0.942. The third-order valence-electron chi connectivity index (χ3n) is 2.90. The number of aryl methyl sites for hydroxylation is 1. The van der Waals surface area contributed by atoms with Gasteiger partial charge in [-0.1, -0.05) is 29.8 Å². The van der Waals surface area contributed by atoms with E-state index in [9.17, 15) is 9.59 Å². The average Bonchev–Trinajstić information content (AvgIpc) is 2.45. The van der Waals surface area contributed by atoms with Gasteiger partial charge in [-0.2, -0.15) is 0 Å². The predicted molar refractivity (Wildman–Crippen MR) is 78.7 cm³/mol. The van der Waals surface area contributed by atoms with Crippen molar-refractivity contribution in [2.45, 2.75) is 19.4 Å². The number of primary amides is 1. The summed E-state index contributed by atoms with van der Waals surface area (Å²) in [4.78, 5) is 23.1. The van der Waals surface area contributed by atoms with Crippen molar-refractivity contribution in [1.29, 1.82) is 0 Å². The Labute approximate surface area is 124 Å². The van der Waals surface area contributed by atoms with Crippen LogP contribution in [-0.4, -0.2) is 44.8 Å². The van der Waals surface area contributed by atoms with Crippen molar-refractivity contribution in [3.63, 3.8) is 0 Å². The summed E-state index contributed by atoms with van der Waals surface area (Å²) >= 11 is 0. The van der Waals surface area contributed by atoms with E-state index in [1.54, 1.807) is 7.11 Å². The number of carbonyl (C=O) groups is 2. The van der Waals surface area contributed by atoms with Crippen LogP contribution in [0, 0.1) is 6.92 Å². The number of methoxy groups -OCH3 is 1. The van der Waals surface area contributed by atoms with E-state index in [0.29, 0.717) is 19.6 Å². The number of hydrogen-bond acceptors (Lipinski definition) is 4. The lowest BCUT2D eigenvalue weighted by Crippen LogP contribution is -2.47. The predicted octanol–water partition coefficient (Wildman–Crippen LogP) is 0.171. The first-order valence-corrected chi connectivity index (χ1v) is 6.74. The van der Waals surface area contributed by atoms with E-state index in [0.717, 1.165) is 11.1 Å². The number of hydrogen-bond donors (Lipinski definition) is 2. The fourth-order valence-electron chi connectivity index (χ4n) is 1.73. The molecular weight excluding hydrogens is 272 g/mol. The zero-order valence-corrected chi connectivity index (χ0v) is 12.4. The Kier molecular flexibility index (Phi) is 7.42. The van der Waals surface area contributed by atoms with Crippen LogP contribution in [0.25, 0.3) is 0 Å². The molecule has 116 valence electrons. The third-order valence-corrected chi connectivity index (χ3v) is 2.90. The molecule has 0 aliphatic carbocycles. The second kappa shape index (κ2) is 9.10. The van der Waals surface area contributed by atoms with Crippen molar-refractivity contribution in [3.05, 3.63) is 35.4 Å². The SMILES string of the molecule is COCCOCC(=O)N[C@@H](Cc1ccc(C)cc1)C(N)=O. The van der Waals surface area contributed by atoms with Gasteiger partial charge in [0.25, 0.3) is 0 Å². The molecule has 6 heteroatoms. The molecule has 21 heavy (non-hydrogen) atoms. The first-order valence-electron chi connectivity index (χ1n) is 6.74. The molecule has 0 spiro atoms. The number of rotatable bonds is 9. The van der Waals surface area contributed by atoms with Gasteiger partial charge in [0.1, 0.15) is 12.6 Å². The number of nitrogens with two attached hydrogens (primary N) is 1. The van der Waals surface area contributed by atoms with Gasteiger partial charge in [-0.05, 0) is 12.5 Å². The highest BCUT2D eigenvalue weighted by Crippen LogP contribution is 2.06. The van der Waals surface area contributed by atoms with Crippen LogP contribution in [0.1, 0.15) is 11.1 Å². The Morgan fingerprint density at radius 1 is 1.24 bits per heavy atom. The molecule has 0 aromatic heterocycles. The molecule has 2 amide bonds. The van der Waals surface area contributed by atoms with Crippen LogP contribution in [0.5, 0.6) is 0 Å². The first kappa shape index (κ1) is 17.1. The van der Waals surface area contributed by atoms with Crippen LogP contribution in [0.3, 0.4) is 0 Å². The Bertz CT molecular complexity index is 459. The van der Waals surface area contributed by atoms with Gasteiger partial charge in [0.15, 0.2) is 0 Å². The summed E-state index contributed by atoms with van der Waals surface area (Å²) in [5.41, 5.74) is 7.39. The summed E-state index contributed by atoms with van der Waals surface area (Å²) in [6.07, 6.45) is 0.361. The van der Waals surface area contributed by atoms with Crippen molar-refractivity contribution in [1.82, 2.24) is 5.32 Å². The lowest BCUT2D eigenvalue weighted by molar-refractivity contribution is -0.130. The van der Waals surface area contributed by atoms with Gasteiger partial charge < -0.3 is 20.5 Å². The number of nitrogens with one attached hydrogen (secondary N) is 1. The quantitative estimate of drug-likeness (QED) is 0.635. The molecule has 1 aromatic carbocycles. The lowest BCUT2D eigenvalue weighted by Gasteiger charge is -2.15. The maximum absolute atomic E-state index is 11.7. The van der Waals surface area contributed by atoms with Crippen LogP contribution in [0.4, 0.5) is 0 Å². The van der Waals surface area contributed by atoms with Crippen molar-refractivity contribution < 1.29 is 19.1 Å². The van der Waals surface area contributed by atoms with E-state index in [2.05, 4.69) is 5.32 Å². The minimum Gasteiger partial charge on any atom is -0.382 e. The molecule has 0 bridgehead atoms. The first-order chi connectivity index (χ1) is 10.0. The highest BCUT2D eigenvalue weighted by molar-refractivity contribution is 5.87. The smallest absolute Gasteiger partial charge is 0.246 e. The molecule has 0 fully saturated rings. The summed E-state index contributed by atoms with van der Waals surface area (Å²) in [5, 5.41) is 2.58. The average molecular weight is 294 g/mol. The molecule has 0 aliphatic heterocycles. The molecule has 0 heterocycles. The van der Waals surface area contributed by atoms with Gasteiger partial charge in [0.05, 0.1) is 13.2 Å². The minimum absolute atomic E-state index is 0.124. The highest BCUT2D eigenvalue weighted by atomic mass is 16.5. The Morgan fingerprint density at radius 3 is 2.48 bits per heavy atom. The maximum atomic E-state index is 11.7. The molecule has 0 saturated heterocycles. The minimum atomic E-state index is -0.744. The molecule has 0 radical (unpaired) electrons. The standard InChI is InChI=1S/C15H22N2O4/c1-11-3-5-12(6-4-11)9-13(15(16)19)17-14(18)10-21-8-7-20-2/h3-6,13H,7-10H2,1-2H3,(H2,16,19)(H,17,18)/t13-/m0/s1. The Balaban J connectivity index is 2.48. The number of carbonyl (C=O) groups excluding carboxylic acids is 2.